The van der Waals surface area contributed by atoms with Crippen molar-refractivity contribution >= 4 is 18.1 Å². The van der Waals surface area contributed by atoms with Crippen molar-refractivity contribution in [3.63, 3.8) is 0 Å². The molecule has 2 rings (SSSR count). The van der Waals surface area contributed by atoms with Gasteiger partial charge in [-0.05, 0) is 24.8 Å². The van der Waals surface area contributed by atoms with E-state index in [1.54, 1.807) is 17.1 Å². The molecule has 1 aromatic carbocycles. The number of hydrogen-bond donors (Lipinski definition) is 2. The van der Waals surface area contributed by atoms with E-state index in [0.29, 0.717) is 19.4 Å². The molecule has 1 saturated heterocycles. The number of likely N-dealkylation sites (tertiary alicyclic amines) is 1. The lowest BCUT2D eigenvalue weighted by atomic mass is 10.0. The van der Waals surface area contributed by atoms with E-state index in [9.17, 15) is 19.5 Å². The third-order valence-corrected chi connectivity index (χ3v) is 4.92. The molecule has 2 N–H and O–H groups in total. The van der Waals surface area contributed by atoms with E-state index in [2.05, 4.69) is 18.5 Å². The standard InChI is InChI=1S/C22H29N3O5/c1-3-9-19(23-21(27)30-16-17-10-6-5-7-11-17)20(26)25(13-4-2)18-12-8-14-24(15-18)22(28)29/h3-7,10-11,18-19H,1-2,8-9,12-16H2,(H,23,27)(H,28,29)/t18-,19-/m1/s1. The molecule has 0 bridgehead atoms. The van der Waals surface area contributed by atoms with Gasteiger partial charge in [0, 0.05) is 25.7 Å². The van der Waals surface area contributed by atoms with Crippen LogP contribution in [-0.2, 0) is 16.1 Å². The Morgan fingerprint density at radius 2 is 2.00 bits per heavy atom. The van der Waals surface area contributed by atoms with Gasteiger partial charge < -0.3 is 25.0 Å². The molecule has 1 aromatic rings. The van der Waals surface area contributed by atoms with Crippen LogP contribution in [0.1, 0.15) is 24.8 Å². The molecule has 1 fully saturated rings. The second-order valence-corrected chi connectivity index (χ2v) is 7.09. The van der Waals surface area contributed by atoms with Crippen LogP contribution < -0.4 is 5.32 Å². The number of alkyl carbamates (subject to hydrolysis) is 1. The largest absolute Gasteiger partial charge is 0.465 e. The lowest BCUT2D eigenvalue weighted by molar-refractivity contribution is -0.136. The Morgan fingerprint density at radius 1 is 1.27 bits per heavy atom. The highest BCUT2D eigenvalue weighted by atomic mass is 16.5. The van der Waals surface area contributed by atoms with Gasteiger partial charge >= 0.3 is 12.2 Å². The van der Waals surface area contributed by atoms with Crippen molar-refractivity contribution in [2.45, 2.75) is 38.0 Å². The van der Waals surface area contributed by atoms with Crippen LogP contribution in [0, 0.1) is 0 Å². The molecule has 1 aliphatic heterocycles. The summed E-state index contributed by atoms with van der Waals surface area (Å²) in [6.45, 7) is 8.40. The number of hydrogen-bond acceptors (Lipinski definition) is 4. The normalized spacial score (nSPS) is 16.8. The Kier molecular flexibility index (Phi) is 8.93. The highest BCUT2D eigenvalue weighted by Crippen LogP contribution is 2.18. The van der Waals surface area contributed by atoms with Gasteiger partial charge in [-0.15, -0.1) is 13.2 Å². The number of carboxylic acid groups (broad SMARTS) is 1. The fourth-order valence-corrected chi connectivity index (χ4v) is 3.44. The number of benzene rings is 1. The van der Waals surface area contributed by atoms with Gasteiger partial charge in [-0.1, -0.05) is 42.5 Å². The molecule has 0 aromatic heterocycles. The maximum absolute atomic E-state index is 13.2. The number of amides is 3. The first-order valence-electron chi connectivity index (χ1n) is 9.93. The van der Waals surface area contributed by atoms with Crippen molar-refractivity contribution in [3.8, 4) is 0 Å². The smallest absolute Gasteiger partial charge is 0.408 e. The van der Waals surface area contributed by atoms with E-state index in [-0.39, 0.29) is 38.1 Å². The van der Waals surface area contributed by atoms with Gasteiger partial charge in [-0.3, -0.25) is 4.79 Å². The number of piperidine rings is 1. The summed E-state index contributed by atoms with van der Waals surface area (Å²) in [6.07, 6.45) is 3.01. The molecule has 1 aliphatic rings. The van der Waals surface area contributed by atoms with Gasteiger partial charge in [0.05, 0.1) is 0 Å². The van der Waals surface area contributed by atoms with Gasteiger partial charge in [-0.2, -0.15) is 0 Å². The molecule has 0 saturated carbocycles. The molecular weight excluding hydrogens is 386 g/mol. The van der Waals surface area contributed by atoms with Gasteiger partial charge in [0.2, 0.25) is 5.91 Å². The number of nitrogens with one attached hydrogen (secondary N) is 1. The molecule has 3 amide bonds. The van der Waals surface area contributed by atoms with E-state index in [1.807, 2.05) is 30.3 Å². The van der Waals surface area contributed by atoms with Crippen molar-refractivity contribution in [3.05, 3.63) is 61.2 Å². The number of nitrogens with zero attached hydrogens (tertiary/aromatic N) is 2. The van der Waals surface area contributed by atoms with Crippen LogP contribution in [0.3, 0.4) is 0 Å². The van der Waals surface area contributed by atoms with E-state index >= 15 is 0 Å². The number of carbonyl (C=O) groups excluding carboxylic acids is 2. The number of ether oxygens (including phenoxy) is 1. The first-order chi connectivity index (χ1) is 14.5. The Balaban J connectivity index is 2.04. The molecule has 0 unspecified atom stereocenters. The third-order valence-electron chi connectivity index (χ3n) is 4.92. The fraction of sp³-hybridized carbons (Fsp3) is 0.409. The topological polar surface area (TPSA) is 99.2 Å². The van der Waals surface area contributed by atoms with E-state index in [1.165, 1.54) is 4.90 Å². The molecule has 2 atom stereocenters. The van der Waals surface area contributed by atoms with Crippen molar-refractivity contribution in [2.75, 3.05) is 19.6 Å². The second-order valence-electron chi connectivity index (χ2n) is 7.09. The minimum absolute atomic E-state index is 0.0915. The average Bonchev–Trinajstić information content (AvgIpc) is 2.76. The zero-order valence-electron chi connectivity index (χ0n) is 17.0. The van der Waals surface area contributed by atoms with Crippen molar-refractivity contribution in [1.29, 1.82) is 0 Å². The highest BCUT2D eigenvalue weighted by molar-refractivity contribution is 5.86. The molecule has 30 heavy (non-hydrogen) atoms. The Bertz CT molecular complexity index is 752. The summed E-state index contributed by atoms with van der Waals surface area (Å²) < 4.78 is 5.23. The second kappa shape index (κ2) is 11.6. The molecular formula is C22H29N3O5. The molecule has 1 heterocycles. The molecule has 0 aliphatic carbocycles. The van der Waals surface area contributed by atoms with Crippen molar-refractivity contribution in [2.24, 2.45) is 0 Å². The van der Waals surface area contributed by atoms with E-state index in [0.717, 1.165) is 5.56 Å². The zero-order valence-corrected chi connectivity index (χ0v) is 17.0. The van der Waals surface area contributed by atoms with Crippen LogP contribution in [0.4, 0.5) is 9.59 Å². The van der Waals surface area contributed by atoms with Crippen LogP contribution >= 0.6 is 0 Å². The summed E-state index contributed by atoms with van der Waals surface area (Å²) in [4.78, 5) is 39.7. The average molecular weight is 415 g/mol. The van der Waals surface area contributed by atoms with Gasteiger partial charge in [0.1, 0.15) is 12.6 Å². The molecule has 0 spiro atoms. The molecule has 8 nitrogen and oxygen atoms in total. The summed E-state index contributed by atoms with van der Waals surface area (Å²) in [5.41, 5.74) is 0.837. The van der Waals surface area contributed by atoms with Gasteiger partial charge in [0.15, 0.2) is 0 Å². The minimum Gasteiger partial charge on any atom is -0.465 e. The highest BCUT2D eigenvalue weighted by Gasteiger charge is 2.33. The fourth-order valence-electron chi connectivity index (χ4n) is 3.44. The predicted molar refractivity (Wildman–Crippen MR) is 113 cm³/mol. The van der Waals surface area contributed by atoms with Crippen LogP contribution in [0.2, 0.25) is 0 Å². The summed E-state index contributed by atoms with van der Waals surface area (Å²) in [7, 11) is 0. The van der Waals surface area contributed by atoms with E-state index < -0.39 is 18.2 Å². The van der Waals surface area contributed by atoms with E-state index in [4.69, 9.17) is 4.74 Å². The first-order valence-corrected chi connectivity index (χ1v) is 9.93. The molecule has 162 valence electrons. The SMILES string of the molecule is C=CC[C@@H](NC(=O)OCc1ccccc1)C(=O)N(CC=C)[C@@H]1CCCN(C(=O)O)C1. The molecule has 8 heteroatoms. The first kappa shape index (κ1) is 23.0. The Labute approximate surface area is 176 Å². The maximum atomic E-state index is 13.2. The lowest BCUT2D eigenvalue weighted by Crippen LogP contribution is -2.56. The van der Waals surface area contributed by atoms with Crippen LogP contribution in [0.15, 0.2) is 55.6 Å². The van der Waals surface area contributed by atoms with Crippen LogP contribution in [0.5, 0.6) is 0 Å². The maximum Gasteiger partial charge on any atom is 0.408 e. The third kappa shape index (κ3) is 6.65. The van der Waals surface area contributed by atoms with Gasteiger partial charge in [-0.25, -0.2) is 9.59 Å². The number of carbonyl (C=O) groups is 3. The van der Waals surface area contributed by atoms with Crippen LogP contribution in [0.25, 0.3) is 0 Å². The molecule has 0 radical (unpaired) electrons. The Hall–Kier alpha value is -3.29. The van der Waals surface area contributed by atoms with Crippen molar-refractivity contribution in [1.82, 2.24) is 15.1 Å². The summed E-state index contributed by atoms with van der Waals surface area (Å²) in [6, 6.07) is 8.09. The Morgan fingerprint density at radius 3 is 2.63 bits per heavy atom. The summed E-state index contributed by atoms with van der Waals surface area (Å²) in [5, 5.41) is 11.9. The lowest BCUT2D eigenvalue weighted by Gasteiger charge is -2.39. The number of rotatable bonds is 9. The quantitative estimate of drug-likeness (QED) is 0.604. The minimum atomic E-state index is -1.00. The van der Waals surface area contributed by atoms with Crippen LogP contribution in [-0.4, -0.2) is 64.7 Å². The summed E-state index contributed by atoms with van der Waals surface area (Å²) in [5.74, 6) is -0.316. The predicted octanol–water partition coefficient (Wildman–Crippen LogP) is 3.01. The van der Waals surface area contributed by atoms with Crippen molar-refractivity contribution < 1.29 is 24.2 Å². The van der Waals surface area contributed by atoms with Gasteiger partial charge in [0.25, 0.3) is 0 Å². The summed E-state index contributed by atoms with van der Waals surface area (Å²) >= 11 is 0. The zero-order chi connectivity index (χ0) is 21.9. The monoisotopic (exact) mass is 415 g/mol.